The summed E-state index contributed by atoms with van der Waals surface area (Å²) in [5.41, 5.74) is 0. The smallest absolute Gasteiger partial charge is 0.317 e. The standard InChI is InChI=1S/C16H29N3O3/c1-12(2)22-15(20)5-4-13(3)17-16(21)19-11-10-18-8-6-14(19)7-9-18/h12-14H,4-11H2,1-3H3,(H,17,21)/t13-/m0/s1. The Morgan fingerprint density at radius 2 is 1.82 bits per heavy atom. The van der Waals surface area contributed by atoms with E-state index in [1.165, 1.54) is 0 Å². The van der Waals surface area contributed by atoms with Crippen molar-refractivity contribution in [1.82, 2.24) is 15.1 Å². The van der Waals surface area contributed by atoms with Crippen LogP contribution in [0.1, 0.15) is 46.5 Å². The molecule has 0 unspecified atom stereocenters. The second-order valence-electron chi connectivity index (χ2n) is 6.69. The fourth-order valence-corrected chi connectivity index (χ4v) is 3.18. The summed E-state index contributed by atoms with van der Waals surface area (Å²) in [6, 6.07) is 0.364. The molecular formula is C16H29N3O3. The van der Waals surface area contributed by atoms with Gasteiger partial charge in [-0.05, 0) is 40.0 Å². The van der Waals surface area contributed by atoms with Gasteiger partial charge in [-0.1, -0.05) is 0 Å². The van der Waals surface area contributed by atoms with Gasteiger partial charge in [0.2, 0.25) is 0 Å². The lowest BCUT2D eigenvalue weighted by molar-refractivity contribution is -0.147. The van der Waals surface area contributed by atoms with Crippen LogP contribution in [0.3, 0.4) is 0 Å². The molecule has 0 radical (unpaired) electrons. The Labute approximate surface area is 133 Å². The van der Waals surface area contributed by atoms with Crippen molar-refractivity contribution in [3.05, 3.63) is 0 Å². The molecule has 2 bridgehead atoms. The normalized spacial score (nSPS) is 25.7. The van der Waals surface area contributed by atoms with Gasteiger partial charge in [-0.3, -0.25) is 4.79 Å². The van der Waals surface area contributed by atoms with E-state index >= 15 is 0 Å². The molecule has 3 aliphatic heterocycles. The molecule has 3 fully saturated rings. The molecule has 0 aromatic carbocycles. The Morgan fingerprint density at radius 3 is 2.45 bits per heavy atom. The molecule has 2 amide bonds. The summed E-state index contributed by atoms with van der Waals surface area (Å²) in [6.07, 6.45) is 3.02. The molecule has 0 aromatic heterocycles. The van der Waals surface area contributed by atoms with Crippen LogP contribution >= 0.6 is 0 Å². The number of nitrogens with zero attached hydrogens (tertiary/aromatic N) is 2. The number of rotatable bonds is 5. The summed E-state index contributed by atoms with van der Waals surface area (Å²) in [6.45, 7) is 9.60. The predicted molar refractivity (Wildman–Crippen MR) is 84.6 cm³/mol. The second-order valence-corrected chi connectivity index (χ2v) is 6.69. The third kappa shape index (κ3) is 4.87. The summed E-state index contributed by atoms with van der Waals surface area (Å²) >= 11 is 0. The monoisotopic (exact) mass is 311 g/mol. The molecule has 0 spiro atoms. The SMILES string of the molecule is CC(C)OC(=O)CC[C@H](C)NC(=O)N1CCN2CCC1CC2. The van der Waals surface area contributed by atoms with Crippen LogP contribution in [0.5, 0.6) is 0 Å². The summed E-state index contributed by atoms with van der Waals surface area (Å²) in [5.74, 6) is -0.197. The molecule has 0 aromatic rings. The number of hydrogen-bond donors (Lipinski definition) is 1. The lowest BCUT2D eigenvalue weighted by Gasteiger charge is -2.32. The maximum Gasteiger partial charge on any atom is 0.317 e. The average molecular weight is 311 g/mol. The number of fused-ring (bicyclic) bond motifs is 4. The van der Waals surface area contributed by atoms with Crippen LogP contribution in [0.4, 0.5) is 4.79 Å². The molecule has 3 rings (SSSR count). The van der Waals surface area contributed by atoms with Crippen LogP contribution in [0.2, 0.25) is 0 Å². The minimum atomic E-state index is -0.197. The molecule has 3 heterocycles. The molecule has 1 atom stereocenters. The van der Waals surface area contributed by atoms with E-state index in [1.54, 1.807) is 0 Å². The van der Waals surface area contributed by atoms with Crippen molar-refractivity contribution >= 4 is 12.0 Å². The first kappa shape index (κ1) is 17.1. The van der Waals surface area contributed by atoms with Crippen LogP contribution in [-0.4, -0.2) is 66.2 Å². The van der Waals surface area contributed by atoms with Crippen molar-refractivity contribution in [1.29, 1.82) is 0 Å². The average Bonchev–Trinajstić information content (AvgIpc) is 2.78. The van der Waals surface area contributed by atoms with E-state index in [4.69, 9.17) is 4.74 Å². The second kappa shape index (κ2) is 7.81. The van der Waals surface area contributed by atoms with E-state index in [9.17, 15) is 9.59 Å². The highest BCUT2D eigenvalue weighted by Crippen LogP contribution is 2.20. The number of hydrogen-bond acceptors (Lipinski definition) is 4. The molecule has 0 aliphatic carbocycles. The van der Waals surface area contributed by atoms with Crippen molar-refractivity contribution in [3.63, 3.8) is 0 Å². The van der Waals surface area contributed by atoms with E-state index in [0.29, 0.717) is 18.9 Å². The van der Waals surface area contributed by atoms with Gasteiger partial charge in [-0.2, -0.15) is 0 Å². The Bertz CT molecular complexity index is 392. The molecule has 3 saturated heterocycles. The minimum Gasteiger partial charge on any atom is -0.463 e. The van der Waals surface area contributed by atoms with Gasteiger partial charge in [0.15, 0.2) is 0 Å². The molecule has 6 nitrogen and oxygen atoms in total. The van der Waals surface area contributed by atoms with E-state index in [0.717, 1.165) is 39.0 Å². The van der Waals surface area contributed by atoms with Gasteiger partial charge in [0.1, 0.15) is 0 Å². The number of carbonyl (C=O) groups excluding carboxylic acids is 2. The van der Waals surface area contributed by atoms with E-state index in [1.807, 2.05) is 25.7 Å². The minimum absolute atomic E-state index is 0.0125. The Kier molecular flexibility index (Phi) is 6.06. The molecule has 6 heteroatoms. The third-order valence-electron chi connectivity index (χ3n) is 4.43. The number of carbonyl (C=O) groups is 2. The fraction of sp³-hybridized carbons (Fsp3) is 0.875. The molecule has 3 aliphatic rings. The number of urea groups is 1. The van der Waals surface area contributed by atoms with Gasteiger partial charge in [0, 0.05) is 44.7 Å². The van der Waals surface area contributed by atoms with Gasteiger partial charge in [-0.25, -0.2) is 4.79 Å². The number of piperidine rings is 1. The van der Waals surface area contributed by atoms with E-state index < -0.39 is 0 Å². The first-order valence-corrected chi connectivity index (χ1v) is 8.44. The quantitative estimate of drug-likeness (QED) is 0.783. The number of nitrogens with one attached hydrogen (secondary N) is 1. The first-order chi connectivity index (χ1) is 10.5. The van der Waals surface area contributed by atoms with Crippen LogP contribution < -0.4 is 5.32 Å². The van der Waals surface area contributed by atoms with Crippen molar-refractivity contribution in [2.24, 2.45) is 0 Å². The molecule has 0 saturated carbocycles. The number of esters is 1. The van der Waals surface area contributed by atoms with Crippen LogP contribution in [0.15, 0.2) is 0 Å². The van der Waals surface area contributed by atoms with Gasteiger partial charge < -0.3 is 19.9 Å². The molecule has 22 heavy (non-hydrogen) atoms. The van der Waals surface area contributed by atoms with E-state index in [-0.39, 0.29) is 24.1 Å². The van der Waals surface area contributed by atoms with Crippen LogP contribution in [-0.2, 0) is 9.53 Å². The van der Waals surface area contributed by atoms with Crippen LogP contribution in [0, 0.1) is 0 Å². The first-order valence-electron chi connectivity index (χ1n) is 8.44. The third-order valence-corrected chi connectivity index (χ3v) is 4.43. The van der Waals surface area contributed by atoms with Crippen molar-refractivity contribution in [2.75, 3.05) is 26.2 Å². The lowest BCUT2D eigenvalue weighted by atomic mass is 10.1. The highest BCUT2D eigenvalue weighted by Gasteiger charge is 2.32. The Hall–Kier alpha value is -1.30. The highest BCUT2D eigenvalue weighted by atomic mass is 16.5. The van der Waals surface area contributed by atoms with Gasteiger partial charge in [0.05, 0.1) is 6.10 Å². The highest BCUT2D eigenvalue weighted by molar-refractivity contribution is 5.75. The molecular weight excluding hydrogens is 282 g/mol. The fourth-order valence-electron chi connectivity index (χ4n) is 3.18. The topological polar surface area (TPSA) is 61.9 Å². The maximum atomic E-state index is 12.5. The largest absolute Gasteiger partial charge is 0.463 e. The van der Waals surface area contributed by atoms with Crippen molar-refractivity contribution in [3.8, 4) is 0 Å². The zero-order chi connectivity index (χ0) is 16.1. The molecule has 1 N–H and O–H groups in total. The van der Waals surface area contributed by atoms with Crippen molar-refractivity contribution < 1.29 is 14.3 Å². The van der Waals surface area contributed by atoms with Crippen LogP contribution in [0.25, 0.3) is 0 Å². The summed E-state index contributed by atoms with van der Waals surface area (Å²) in [7, 11) is 0. The summed E-state index contributed by atoms with van der Waals surface area (Å²) < 4.78 is 5.11. The van der Waals surface area contributed by atoms with Gasteiger partial charge in [-0.15, -0.1) is 0 Å². The predicted octanol–water partition coefficient (Wildman–Crippen LogP) is 1.60. The Balaban J connectivity index is 1.75. The van der Waals surface area contributed by atoms with Gasteiger partial charge >= 0.3 is 12.0 Å². The summed E-state index contributed by atoms with van der Waals surface area (Å²) in [4.78, 5) is 28.4. The lowest BCUT2D eigenvalue weighted by Crippen LogP contribution is -2.49. The van der Waals surface area contributed by atoms with E-state index in [2.05, 4.69) is 10.2 Å². The zero-order valence-corrected chi connectivity index (χ0v) is 14.0. The maximum absolute atomic E-state index is 12.5. The van der Waals surface area contributed by atoms with Gasteiger partial charge in [0.25, 0.3) is 0 Å². The Morgan fingerprint density at radius 1 is 1.14 bits per heavy atom. The number of ether oxygens (including phenoxy) is 1. The summed E-state index contributed by atoms with van der Waals surface area (Å²) in [5, 5.41) is 3.03. The zero-order valence-electron chi connectivity index (χ0n) is 14.0. The number of amides is 2. The molecule has 126 valence electrons. The van der Waals surface area contributed by atoms with Crippen molar-refractivity contribution in [2.45, 2.75) is 64.6 Å².